The van der Waals surface area contributed by atoms with Gasteiger partial charge in [0.15, 0.2) is 13.5 Å². The first-order chi connectivity index (χ1) is 16.8. The van der Waals surface area contributed by atoms with E-state index in [4.69, 9.17) is 9.47 Å². The number of nitrogens with zero attached hydrogens (tertiary/aromatic N) is 2. The standard InChI is InChI=1S/C28H24N2O2S2/c1-3-7-23(8-4-1)29-17-21-15-25(11-13-27(21)31-19-29)33-34-26-12-14-28-22(16-26)18-30(20-32-28)24-9-5-2-6-10-24/h1-16H,17-20H2. The van der Waals surface area contributed by atoms with Crippen LogP contribution in [0.15, 0.2) is 107 Å². The Balaban J connectivity index is 1.14. The van der Waals surface area contributed by atoms with Gasteiger partial charge >= 0.3 is 0 Å². The van der Waals surface area contributed by atoms with Crippen molar-refractivity contribution < 1.29 is 9.47 Å². The monoisotopic (exact) mass is 484 g/mol. The molecule has 0 bridgehead atoms. The van der Waals surface area contributed by atoms with Crippen molar-refractivity contribution in [2.75, 3.05) is 23.3 Å². The second-order valence-corrected chi connectivity index (χ2v) is 10.6. The van der Waals surface area contributed by atoms with Crippen LogP contribution in [0.4, 0.5) is 11.4 Å². The molecule has 6 rings (SSSR count). The topological polar surface area (TPSA) is 24.9 Å². The highest BCUT2D eigenvalue weighted by atomic mass is 33.1. The van der Waals surface area contributed by atoms with Crippen LogP contribution in [-0.4, -0.2) is 13.5 Å². The van der Waals surface area contributed by atoms with Crippen molar-refractivity contribution in [1.29, 1.82) is 0 Å². The molecule has 0 spiro atoms. The van der Waals surface area contributed by atoms with Gasteiger partial charge in [0.25, 0.3) is 0 Å². The zero-order valence-electron chi connectivity index (χ0n) is 18.6. The summed E-state index contributed by atoms with van der Waals surface area (Å²) in [5.74, 6) is 1.96. The molecule has 0 amide bonds. The molecule has 0 aromatic heterocycles. The average molecular weight is 485 g/mol. The summed E-state index contributed by atoms with van der Waals surface area (Å²) < 4.78 is 12.0. The molecule has 170 valence electrons. The Hall–Kier alpha value is -3.22. The molecule has 2 aliphatic rings. The maximum atomic E-state index is 6.01. The third kappa shape index (κ3) is 4.56. The minimum absolute atomic E-state index is 0.579. The summed E-state index contributed by atoms with van der Waals surface area (Å²) in [5.41, 5.74) is 4.80. The quantitative estimate of drug-likeness (QED) is 0.278. The molecule has 0 saturated carbocycles. The van der Waals surface area contributed by atoms with E-state index in [9.17, 15) is 0 Å². The zero-order valence-corrected chi connectivity index (χ0v) is 20.2. The first kappa shape index (κ1) is 21.3. The van der Waals surface area contributed by atoms with Crippen molar-refractivity contribution in [3.05, 3.63) is 108 Å². The molecule has 0 N–H and O–H groups in total. The summed E-state index contributed by atoms with van der Waals surface area (Å²) >= 11 is 0. The van der Waals surface area contributed by atoms with E-state index in [1.165, 1.54) is 32.3 Å². The van der Waals surface area contributed by atoms with Crippen LogP contribution in [-0.2, 0) is 13.1 Å². The predicted octanol–water partition coefficient (Wildman–Crippen LogP) is 7.20. The summed E-state index contributed by atoms with van der Waals surface area (Å²) in [6.07, 6.45) is 0. The third-order valence-corrected chi connectivity index (χ3v) is 8.40. The minimum Gasteiger partial charge on any atom is -0.473 e. The molecular formula is C28H24N2O2S2. The first-order valence-electron chi connectivity index (χ1n) is 11.3. The Labute approximate surface area is 207 Å². The van der Waals surface area contributed by atoms with Crippen molar-refractivity contribution in [2.24, 2.45) is 0 Å². The van der Waals surface area contributed by atoms with Crippen LogP contribution < -0.4 is 19.3 Å². The fourth-order valence-electron chi connectivity index (χ4n) is 4.25. The second kappa shape index (κ2) is 9.57. The second-order valence-electron chi connectivity index (χ2n) is 8.32. The molecule has 0 fully saturated rings. The van der Waals surface area contributed by atoms with Gasteiger partial charge in [0.05, 0.1) is 0 Å². The van der Waals surface area contributed by atoms with Gasteiger partial charge in [-0.15, -0.1) is 0 Å². The fourth-order valence-corrected chi connectivity index (χ4v) is 6.27. The van der Waals surface area contributed by atoms with Crippen molar-refractivity contribution >= 4 is 33.0 Å². The summed E-state index contributed by atoms with van der Waals surface area (Å²) in [6.45, 7) is 2.86. The number of hydrogen-bond acceptors (Lipinski definition) is 6. The van der Waals surface area contributed by atoms with Crippen LogP contribution in [0.2, 0.25) is 0 Å². The fraction of sp³-hybridized carbons (Fsp3) is 0.143. The Morgan fingerprint density at radius 3 is 1.41 bits per heavy atom. The van der Waals surface area contributed by atoms with E-state index in [-0.39, 0.29) is 0 Å². The van der Waals surface area contributed by atoms with Gasteiger partial charge in [-0.3, -0.25) is 0 Å². The zero-order chi connectivity index (χ0) is 22.7. The lowest BCUT2D eigenvalue weighted by atomic mass is 10.1. The molecule has 4 aromatic carbocycles. The molecule has 0 atom stereocenters. The van der Waals surface area contributed by atoms with Gasteiger partial charge in [-0.2, -0.15) is 0 Å². The van der Waals surface area contributed by atoms with E-state index in [1.54, 1.807) is 21.6 Å². The summed E-state index contributed by atoms with van der Waals surface area (Å²) in [5, 5.41) is 0. The van der Waals surface area contributed by atoms with Crippen molar-refractivity contribution in [3.8, 4) is 11.5 Å². The molecule has 0 radical (unpaired) electrons. The number of fused-ring (bicyclic) bond motifs is 2. The predicted molar refractivity (Wildman–Crippen MR) is 141 cm³/mol. The van der Waals surface area contributed by atoms with Crippen LogP contribution in [0.25, 0.3) is 0 Å². The van der Waals surface area contributed by atoms with Crippen LogP contribution in [0, 0.1) is 0 Å². The van der Waals surface area contributed by atoms with Gasteiger partial charge in [0.2, 0.25) is 0 Å². The van der Waals surface area contributed by atoms with Crippen LogP contribution in [0.3, 0.4) is 0 Å². The number of benzene rings is 4. The van der Waals surface area contributed by atoms with E-state index in [2.05, 4.69) is 94.7 Å². The van der Waals surface area contributed by atoms with E-state index < -0.39 is 0 Å². The van der Waals surface area contributed by atoms with E-state index in [0.29, 0.717) is 13.5 Å². The highest BCUT2D eigenvalue weighted by molar-refractivity contribution is 8.76. The van der Waals surface area contributed by atoms with Crippen LogP contribution in [0.5, 0.6) is 11.5 Å². The molecule has 0 saturated heterocycles. The lowest BCUT2D eigenvalue weighted by molar-refractivity contribution is 0.289. The molecule has 34 heavy (non-hydrogen) atoms. The third-order valence-electron chi connectivity index (χ3n) is 6.01. The van der Waals surface area contributed by atoms with Gasteiger partial charge in [-0.25, -0.2) is 0 Å². The Kier molecular flexibility index (Phi) is 6.00. The van der Waals surface area contributed by atoms with E-state index in [1.807, 2.05) is 12.1 Å². The Morgan fingerprint density at radius 1 is 0.529 bits per heavy atom. The maximum absolute atomic E-state index is 6.01. The molecule has 2 heterocycles. The van der Waals surface area contributed by atoms with Crippen LogP contribution in [0.1, 0.15) is 11.1 Å². The number of ether oxygens (including phenoxy) is 2. The number of rotatable bonds is 5. The highest BCUT2D eigenvalue weighted by Crippen LogP contribution is 2.42. The molecule has 2 aliphatic heterocycles. The van der Waals surface area contributed by atoms with Crippen molar-refractivity contribution in [1.82, 2.24) is 0 Å². The molecule has 0 unspecified atom stereocenters. The maximum Gasteiger partial charge on any atom is 0.161 e. The van der Waals surface area contributed by atoms with Gasteiger partial charge < -0.3 is 19.3 Å². The van der Waals surface area contributed by atoms with Gasteiger partial charge in [-0.05, 0) is 60.7 Å². The molecule has 6 heteroatoms. The molecular weight excluding hydrogens is 460 g/mol. The number of hydrogen-bond donors (Lipinski definition) is 0. The number of para-hydroxylation sites is 2. The average Bonchev–Trinajstić information content (AvgIpc) is 2.92. The lowest BCUT2D eigenvalue weighted by Gasteiger charge is -2.31. The summed E-state index contributed by atoms with van der Waals surface area (Å²) in [6, 6.07) is 33.8. The largest absolute Gasteiger partial charge is 0.473 e. The highest BCUT2D eigenvalue weighted by Gasteiger charge is 2.20. The van der Waals surface area contributed by atoms with Gasteiger partial charge in [-0.1, -0.05) is 58.0 Å². The SMILES string of the molecule is c1ccc(N2COc3ccc(SSc4ccc5c(c4)CN(c4ccccc4)CO5)cc3C2)cc1. The van der Waals surface area contributed by atoms with Crippen molar-refractivity contribution in [2.45, 2.75) is 22.9 Å². The molecule has 4 nitrogen and oxygen atoms in total. The first-order valence-corrected chi connectivity index (χ1v) is 13.4. The smallest absolute Gasteiger partial charge is 0.161 e. The van der Waals surface area contributed by atoms with Gasteiger partial charge in [0.1, 0.15) is 11.5 Å². The molecule has 4 aromatic rings. The lowest BCUT2D eigenvalue weighted by Crippen LogP contribution is -2.31. The van der Waals surface area contributed by atoms with Crippen LogP contribution >= 0.6 is 21.6 Å². The van der Waals surface area contributed by atoms with E-state index >= 15 is 0 Å². The minimum atomic E-state index is 0.579. The normalized spacial score (nSPS) is 14.6. The Morgan fingerprint density at radius 2 is 0.971 bits per heavy atom. The van der Waals surface area contributed by atoms with Crippen molar-refractivity contribution in [3.63, 3.8) is 0 Å². The molecule has 0 aliphatic carbocycles. The summed E-state index contributed by atoms with van der Waals surface area (Å²) in [4.78, 5) is 6.96. The van der Waals surface area contributed by atoms with Gasteiger partial charge in [0, 0.05) is 45.4 Å². The number of anilines is 2. The Bertz CT molecular complexity index is 1180. The summed E-state index contributed by atoms with van der Waals surface area (Å²) in [7, 11) is 3.56. The van der Waals surface area contributed by atoms with E-state index in [0.717, 1.165) is 24.6 Å².